The second kappa shape index (κ2) is 7.07. The number of piperazine rings is 1. The molecule has 0 atom stereocenters. The van der Waals surface area contributed by atoms with Gasteiger partial charge in [0.2, 0.25) is 5.91 Å². The molecular formula is C16H32N4O. The lowest BCUT2D eigenvalue weighted by molar-refractivity contribution is -0.132. The Balaban J connectivity index is 1.71. The average molecular weight is 296 g/mol. The van der Waals surface area contributed by atoms with Gasteiger partial charge in [-0.15, -0.1) is 0 Å². The Morgan fingerprint density at radius 2 is 1.62 bits per heavy atom. The third-order valence-corrected chi connectivity index (χ3v) is 4.64. The molecule has 2 fully saturated rings. The van der Waals surface area contributed by atoms with Gasteiger partial charge >= 0.3 is 0 Å². The Hall–Kier alpha value is -0.650. The molecule has 2 heterocycles. The van der Waals surface area contributed by atoms with Gasteiger partial charge in [-0.1, -0.05) is 0 Å². The lowest BCUT2D eigenvalue weighted by Gasteiger charge is -2.42. The van der Waals surface area contributed by atoms with Gasteiger partial charge in [-0.3, -0.25) is 9.69 Å². The summed E-state index contributed by atoms with van der Waals surface area (Å²) >= 11 is 0. The molecule has 2 saturated heterocycles. The Kier molecular flexibility index (Phi) is 5.63. The number of nitrogens with zero attached hydrogens (tertiary/aromatic N) is 3. The van der Waals surface area contributed by atoms with Crippen molar-refractivity contribution in [3.63, 3.8) is 0 Å². The summed E-state index contributed by atoms with van der Waals surface area (Å²) < 4.78 is 0. The normalized spacial score (nSPS) is 23.5. The van der Waals surface area contributed by atoms with Crippen molar-refractivity contribution in [2.24, 2.45) is 0 Å². The molecule has 0 bridgehead atoms. The van der Waals surface area contributed by atoms with Crippen LogP contribution < -0.4 is 5.32 Å². The van der Waals surface area contributed by atoms with Crippen LogP contribution in [0, 0.1) is 0 Å². The number of carbonyl (C=O) groups excluding carboxylic acids is 1. The molecule has 2 aliphatic heterocycles. The van der Waals surface area contributed by atoms with Gasteiger partial charge < -0.3 is 15.1 Å². The summed E-state index contributed by atoms with van der Waals surface area (Å²) in [5, 5.41) is 3.29. The fraction of sp³-hybridized carbons (Fsp3) is 0.938. The molecule has 0 aromatic carbocycles. The molecule has 2 aliphatic rings. The van der Waals surface area contributed by atoms with Crippen LogP contribution in [0.15, 0.2) is 0 Å². The van der Waals surface area contributed by atoms with Gasteiger partial charge in [0.15, 0.2) is 0 Å². The number of likely N-dealkylation sites (tertiary alicyclic amines) is 1. The van der Waals surface area contributed by atoms with Crippen molar-refractivity contribution >= 4 is 5.91 Å². The molecule has 2 rings (SSSR count). The van der Waals surface area contributed by atoms with E-state index < -0.39 is 0 Å². The lowest BCUT2D eigenvalue weighted by atomic mass is 10.0. The van der Waals surface area contributed by atoms with E-state index in [4.69, 9.17) is 0 Å². The molecule has 0 unspecified atom stereocenters. The molecule has 1 amide bonds. The maximum atomic E-state index is 12.2. The van der Waals surface area contributed by atoms with Crippen LogP contribution in [0.4, 0.5) is 0 Å². The minimum absolute atomic E-state index is 0.00556. The number of amides is 1. The highest BCUT2D eigenvalue weighted by molar-refractivity contribution is 5.78. The number of carbonyl (C=O) groups is 1. The molecule has 0 aliphatic carbocycles. The summed E-state index contributed by atoms with van der Waals surface area (Å²) in [5.41, 5.74) is 0.00556. The van der Waals surface area contributed by atoms with Crippen LogP contribution in [0.2, 0.25) is 0 Å². The summed E-state index contributed by atoms with van der Waals surface area (Å²) in [6.07, 6.45) is 2.55. The zero-order chi connectivity index (χ0) is 15.5. The number of hydrogen-bond donors (Lipinski definition) is 1. The summed E-state index contributed by atoms with van der Waals surface area (Å²) in [5.74, 6) is 0.243. The van der Waals surface area contributed by atoms with E-state index in [9.17, 15) is 4.79 Å². The van der Waals surface area contributed by atoms with Crippen LogP contribution in [0.3, 0.4) is 0 Å². The van der Waals surface area contributed by atoms with Crippen LogP contribution in [0.1, 0.15) is 33.6 Å². The second-order valence-corrected chi connectivity index (χ2v) is 7.55. The highest BCUT2D eigenvalue weighted by Gasteiger charge is 2.28. The van der Waals surface area contributed by atoms with E-state index in [1.165, 1.54) is 25.9 Å². The van der Waals surface area contributed by atoms with Crippen LogP contribution in [0.5, 0.6) is 0 Å². The predicted molar refractivity (Wildman–Crippen MR) is 86.4 cm³/mol. The number of piperidine rings is 1. The summed E-state index contributed by atoms with van der Waals surface area (Å²) in [4.78, 5) is 19.2. The molecule has 5 nitrogen and oxygen atoms in total. The first-order chi connectivity index (χ1) is 9.85. The molecular weight excluding hydrogens is 264 g/mol. The summed E-state index contributed by atoms with van der Waals surface area (Å²) in [6, 6.07) is 0.728. The third-order valence-electron chi connectivity index (χ3n) is 4.64. The van der Waals surface area contributed by atoms with E-state index in [-0.39, 0.29) is 11.4 Å². The van der Waals surface area contributed by atoms with Crippen LogP contribution in [-0.4, -0.2) is 85.0 Å². The van der Waals surface area contributed by atoms with Crippen molar-refractivity contribution < 1.29 is 4.79 Å². The topological polar surface area (TPSA) is 38.8 Å². The zero-order valence-electron chi connectivity index (χ0n) is 14.2. The molecule has 0 aromatic heterocycles. The van der Waals surface area contributed by atoms with E-state index in [1.807, 2.05) is 4.90 Å². The Bertz CT molecular complexity index is 337. The van der Waals surface area contributed by atoms with Gasteiger partial charge in [0.25, 0.3) is 0 Å². The standard InChI is InChI=1S/C16H32N4O/c1-16(2,3)17-13-15(21)20-11-9-19(10-12-20)14-5-7-18(4)8-6-14/h14,17H,5-13H2,1-4H3. The van der Waals surface area contributed by atoms with Crippen molar-refractivity contribution in [3.05, 3.63) is 0 Å². The van der Waals surface area contributed by atoms with Crippen molar-refractivity contribution in [1.82, 2.24) is 20.0 Å². The van der Waals surface area contributed by atoms with E-state index >= 15 is 0 Å². The quantitative estimate of drug-likeness (QED) is 0.828. The van der Waals surface area contributed by atoms with E-state index in [2.05, 4.69) is 42.9 Å². The molecule has 1 N–H and O–H groups in total. The molecule has 0 aromatic rings. The highest BCUT2D eigenvalue weighted by atomic mass is 16.2. The van der Waals surface area contributed by atoms with Crippen molar-refractivity contribution in [1.29, 1.82) is 0 Å². The van der Waals surface area contributed by atoms with Crippen molar-refractivity contribution in [2.45, 2.75) is 45.2 Å². The Morgan fingerprint density at radius 3 is 2.14 bits per heavy atom. The number of rotatable bonds is 3. The van der Waals surface area contributed by atoms with Gasteiger partial charge in [-0.25, -0.2) is 0 Å². The van der Waals surface area contributed by atoms with Crippen molar-refractivity contribution in [2.75, 3.05) is 52.9 Å². The first kappa shape index (κ1) is 16.7. The Labute approximate surface area is 129 Å². The zero-order valence-corrected chi connectivity index (χ0v) is 14.2. The first-order valence-corrected chi connectivity index (χ1v) is 8.30. The third kappa shape index (κ3) is 5.24. The highest BCUT2D eigenvalue weighted by Crippen LogP contribution is 2.17. The van der Waals surface area contributed by atoms with Gasteiger partial charge in [0.1, 0.15) is 0 Å². The maximum Gasteiger partial charge on any atom is 0.236 e. The first-order valence-electron chi connectivity index (χ1n) is 8.30. The molecule has 0 saturated carbocycles. The smallest absolute Gasteiger partial charge is 0.236 e. The average Bonchev–Trinajstić information content (AvgIpc) is 2.45. The molecule has 5 heteroatoms. The van der Waals surface area contributed by atoms with Crippen LogP contribution in [-0.2, 0) is 4.79 Å². The monoisotopic (exact) mass is 296 g/mol. The summed E-state index contributed by atoms with van der Waals surface area (Å²) in [6.45, 7) is 13.0. The predicted octanol–water partition coefficient (Wildman–Crippen LogP) is 0.613. The van der Waals surface area contributed by atoms with Gasteiger partial charge in [-0.05, 0) is 53.8 Å². The van der Waals surface area contributed by atoms with E-state index in [1.54, 1.807) is 0 Å². The lowest BCUT2D eigenvalue weighted by Crippen LogP contribution is -2.55. The molecule has 21 heavy (non-hydrogen) atoms. The minimum atomic E-state index is 0.00556. The van der Waals surface area contributed by atoms with Gasteiger partial charge in [0.05, 0.1) is 6.54 Å². The van der Waals surface area contributed by atoms with Crippen molar-refractivity contribution in [3.8, 4) is 0 Å². The SMILES string of the molecule is CN1CCC(N2CCN(C(=O)CNC(C)(C)C)CC2)CC1. The molecule has 122 valence electrons. The summed E-state index contributed by atoms with van der Waals surface area (Å²) in [7, 11) is 2.20. The fourth-order valence-corrected chi connectivity index (χ4v) is 3.15. The van der Waals surface area contributed by atoms with Crippen LogP contribution >= 0.6 is 0 Å². The largest absolute Gasteiger partial charge is 0.339 e. The van der Waals surface area contributed by atoms with Gasteiger partial charge in [-0.2, -0.15) is 0 Å². The fourth-order valence-electron chi connectivity index (χ4n) is 3.15. The second-order valence-electron chi connectivity index (χ2n) is 7.55. The Morgan fingerprint density at radius 1 is 1.05 bits per heavy atom. The minimum Gasteiger partial charge on any atom is -0.339 e. The van der Waals surface area contributed by atoms with Gasteiger partial charge in [0, 0.05) is 37.8 Å². The van der Waals surface area contributed by atoms with E-state index in [0.29, 0.717) is 6.54 Å². The number of nitrogens with one attached hydrogen (secondary N) is 1. The number of hydrogen-bond acceptors (Lipinski definition) is 4. The van der Waals surface area contributed by atoms with Crippen LogP contribution in [0.25, 0.3) is 0 Å². The maximum absolute atomic E-state index is 12.2. The van der Waals surface area contributed by atoms with E-state index in [0.717, 1.165) is 32.2 Å². The molecule has 0 spiro atoms. The molecule has 0 radical (unpaired) electrons.